The average Bonchev–Trinajstić information content (AvgIpc) is 3.23. The maximum atomic E-state index is 13.2. The number of morpholine rings is 1. The second kappa shape index (κ2) is 10.6. The van der Waals surface area contributed by atoms with Gasteiger partial charge in [-0.1, -0.05) is 47.2 Å². The van der Waals surface area contributed by atoms with Crippen molar-refractivity contribution in [3.8, 4) is 0 Å². The lowest BCUT2D eigenvalue weighted by molar-refractivity contribution is -0.114. The smallest absolute Gasteiger partial charge is 0.252 e. The van der Waals surface area contributed by atoms with Gasteiger partial charge >= 0.3 is 0 Å². The first kappa shape index (κ1) is 22.3. The Balaban J connectivity index is 1.60. The Labute approximate surface area is 195 Å². The first-order valence-electron chi connectivity index (χ1n) is 10.1. The van der Waals surface area contributed by atoms with Crippen LogP contribution in [-0.2, 0) is 9.53 Å². The largest absolute Gasteiger partial charge is 0.379 e. The molecule has 2 aromatic carbocycles. The van der Waals surface area contributed by atoms with Crippen LogP contribution in [0.3, 0.4) is 0 Å². The molecule has 0 bridgehead atoms. The maximum absolute atomic E-state index is 13.2. The van der Waals surface area contributed by atoms with Gasteiger partial charge in [-0.15, -0.1) is 11.8 Å². The molecular weight excluding hydrogens is 450 g/mol. The highest BCUT2D eigenvalue weighted by Gasteiger charge is 2.21. The molecule has 0 spiro atoms. The number of aromatic nitrogens is 1. The van der Waals surface area contributed by atoms with Crippen molar-refractivity contribution in [3.05, 3.63) is 59.1 Å². The molecule has 1 aliphatic rings. The van der Waals surface area contributed by atoms with Crippen LogP contribution in [0.2, 0.25) is 5.02 Å². The lowest BCUT2D eigenvalue weighted by atomic mass is 10.2. The van der Waals surface area contributed by atoms with Gasteiger partial charge < -0.3 is 4.74 Å². The summed E-state index contributed by atoms with van der Waals surface area (Å²) in [6.07, 6.45) is 5.40. The standard InChI is InChI=1S/C23H24ClN3O2S2/c1-30-19-7-4-8-20-22(19)25-23(31-20)27(12-11-26-13-15-29-16-14-26)21(28)10-9-17-5-2-3-6-18(17)24/h2-10H,11-16H2,1H3. The SMILES string of the molecule is CSc1cccc2sc(N(CCN3CCOCC3)C(=O)C=Cc3ccccc3Cl)nc12. The van der Waals surface area contributed by atoms with Crippen LogP contribution in [-0.4, -0.2) is 61.4 Å². The molecule has 0 atom stereocenters. The first-order chi connectivity index (χ1) is 15.2. The Morgan fingerprint density at radius 3 is 2.84 bits per heavy atom. The van der Waals surface area contributed by atoms with Crippen LogP contribution in [0, 0.1) is 0 Å². The molecule has 0 unspecified atom stereocenters. The Hall–Kier alpha value is -1.90. The molecule has 1 aliphatic heterocycles. The first-order valence-corrected chi connectivity index (χ1v) is 12.6. The predicted octanol–water partition coefficient (Wildman–Crippen LogP) is 5.05. The van der Waals surface area contributed by atoms with E-state index in [0.29, 0.717) is 11.6 Å². The van der Waals surface area contributed by atoms with Crippen LogP contribution >= 0.6 is 34.7 Å². The predicted molar refractivity (Wildman–Crippen MR) is 131 cm³/mol. The van der Waals surface area contributed by atoms with Crippen molar-refractivity contribution >= 4 is 62.0 Å². The highest BCUT2D eigenvalue weighted by molar-refractivity contribution is 7.98. The van der Waals surface area contributed by atoms with Crippen molar-refractivity contribution in [2.24, 2.45) is 0 Å². The Kier molecular flexibility index (Phi) is 7.63. The summed E-state index contributed by atoms with van der Waals surface area (Å²) in [6.45, 7) is 4.58. The number of para-hydroxylation sites is 1. The van der Waals surface area contributed by atoms with Crippen molar-refractivity contribution in [2.45, 2.75) is 4.90 Å². The van der Waals surface area contributed by atoms with Crippen molar-refractivity contribution in [2.75, 3.05) is 50.5 Å². The van der Waals surface area contributed by atoms with Crippen LogP contribution < -0.4 is 4.90 Å². The molecule has 1 aromatic heterocycles. The fourth-order valence-corrected chi connectivity index (χ4v) is 5.27. The number of ether oxygens (including phenoxy) is 1. The summed E-state index contributed by atoms with van der Waals surface area (Å²) in [5.41, 5.74) is 1.77. The molecule has 1 saturated heterocycles. The number of anilines is 1. The number of carbonyl (C=O) groups is 1. The van der Waals surface area contributed by atoms with Gasteiger partial charge in [0.2, 0.25) is 0 Å². The van der Waals surface area contributed by atoms with E-state index in [1.165, 1.54) is 0 Å². The number of halogens is 1. The highest BCUT2D eigenvalue weighted by atomic mass is 35.5. The van der Waals surface area contributed by atoms with E-state index in [1.54, 1.807) is 40.2 Å². The third kappa shape index (κ3) is 5.48. The van der Waals surface area contributed by atoms with Crippen LogP contribution in [0.15, 0.2) is 53.4 Å². The summed E-state index contributed by atoms with van der Waals surface area (Å²) in [5.74, 6) is -0.0991. The van der Waals surface area contributed by atoms with Crippen molar-refractivity contribution in [1.29, 1.82) is 0 Å². The molecule has 3 aromatic rings. The summed E-state index contributed by atoms with van der Waals surface area (Å²) in [6, 6.07) is 13.7. The molecule has 4 rings (SSSR count). The lowest BCUT2D eigenvalue weighted by Crippen LogP contribution is -2.42. The number of rotatable bonds is 7. The number of thioether (sulfide) groups is 1. The van der Waals surface area contributed by atoms with Crippen LogP contribution in [0.4, 0.5) is 5.13 Å². The minimum atomic E-state index is -0.0991. The number of fused-ring (bicyclic) bond motifs is 1. The number of thiazole rings is 1. The fourth-order valence-electron chi connectivity index (χ4n) is 3.42. The maximum Gasteiger partial charge on any atom is 0.252 e. The van der Waals surface area contributed by atoms with E-state index >= 15 is 0 Å². The molecular formula is C23H24ClN3O2S2. The number of amides is 1. The van der Waals surface area contributed by atoms with Gasteiger partial charge in [0.15, 0.2) is 5.13 Å². The lowest BCUT2D eigenvalue weighted by Gasteiger charge is -2.28. The van der Waals surface area contributed by atoms with Gasteiger partial charge in [-0.25, -0.2) is 4.98 Å². The zero-order valence-corrected chi connectivity index (χ0v) is 19.7. The Morgan fingerprint density at radius 1 is 1.26 bits per heavy atom. The molecule has 0 radical (unpaired) electrons. The van der Waals surface area contributed by atoms with E-state index in [2.05, 4.69) is 17.0 Å². The quantitative estimate of drug-likeness (QED) is 0.355. The minimum Gasteiger partial charge on any atom is -0.379 e. The highest BCUT2D eigenvalue weighted by Crippen LogP contribution is 2.34. The normalized spacial score (nSPS) is 15.0. The van der Waals surface area contributed by atoms with E-state index in [0.717, 1.165) is 58.7 Å². The summed E-state index contributed by atoms with van der Waals surface area (Å²) < 4.78 is 6.53. The third-order valence-electron chi connectivity index (χ3n) is 5.14. The Morgan fingerprint density at radius 2 is 2.06 bits per heavy atom. The van der Waals surface area contributed by atoms with Crippen LogP contribution in [0.25, 0.3) is 16.3 Å². The van der Waals surface area contributed by atoms with E-state index in [9.17, 15) is 4.79 Å². The monoisotopic (exact) mass is 473 g/mol. The molecule has 1 amide bonds. The van der Waals surface area contributed by atoms with E-state index < -0.39 is 0 Å². The molecule has 8 heteroatoms. The number of carbonyl (C=O) groups excluding carboxylic acids is 1. The van der Waals surface area contributed by atoms with Crippen molar-refractivity contribution in [3.63, 3.8) is 0 Å². The third-order valence-corrected chi connectivity index (χ3v) is 7.30. The van der Waals surface area contributed by atoms with Gasteiger partial charge in [0, 0.05) is 42.2 Å². The number of hydrogen-bond acceptors (Lipinski definition) is 6. The van der Waals surface area contributed by atoms with Crippen LogP contribution in [0.5, 0.6) is 0 Å². The minimum absolute atomic E-state index is 0.0991. The fraction of sp³-hybridized carbons (Fsp3) is 0.304. The number of nitrogens with zero attached hydrogens (tertiary/aromatic N) is 3. The summed E-state index contributed by atoms with van der Waals surface area (Å²) in [7, 11) is 0. The summed E-state index contributed by atoms with van der Waals surface area (Å²) in [5, 5.41) is 1.34. The van der Waals surface area contributed by atoms with Gasteiger partial charge in [-0.05, 0) is 36.1 Å². The molecule has 1 fully saturated rings. The molecule has 31 heavy (non-hydrogen) atoms. The summed E-state index contributed by atoms with van der Waals surface area (Å²) in [4.78, 5) is 23.3. The van der Waals surface area contributed by atoms with Gasteiger partial charge in [0.05, 0.1) is 23.4 Å². The number of hydrogen-bond donors (Lipinski definition) is 0. The molecule has 2 heterocycles. The van der Waals surface area contributed by atoms with Gasteiger partial charge in [-0.2, -0.15) is 0 Å². The average molecular weight is 474 g/mol. The van der Waals surface area contributed by atoms with E-state index in [-0.39, 0.29) is 5.91 Å². The van der Waals surface area contributed by atoms with Crippen LogP contribution in [0.1, 0.15) is 5.56 Å². The second-order valence-corrected chi connectivity index (χ2v) is 9.37. The van der Waals surface area contributed by atoms with Gasteiger partial charge in [0.1, 0.15) is 0 Å². The van der Waals surface area contributed by atoms with E-state index in [4.69, 9.17) is 21.3 Å². The summed E-state index contributed by atoms with van der Waals surface area (Å²) >= 11 is 9.47. The topological polar surface area (TPSA) is 45.7 Å². The molecule has 0 N–H and O–H groups in total. The molecule has 0 aliphatic carbocycles. The number of benzene rings is 2. The molecule has 0 saturated carbocycles. The van der Waals surface area contributed by atoms with Gasteiger partial charge in [0.25, 0.3) is 5.91 Å². The van der Waals surface area contributed by atoms with Gasteiger partial charge in [-0.3, -0.25) is 14.6 Å². The van der Waals surface area contributed by atoms with Crippen molar-refractivity contribution in [1.82, 2.24) is 9.88 Å². The second-order valence-electron chi connectivity index (χ2n) is 7.10. The van der Waals surface area contributed by atoms with Crippen molar-refractivity contribution < 1.29 is 9.53 Å². The zero-order chi connectivity index (χ0) is 21.6. The molecule has 162 valence electrons. The molecule has 5 nitrogen and oxygen atoms in total. The zero-order valence-electron chi connectivity index (χ0n) is 17.3. The van der Waals surface area contributed by atoms with E-state index in [1.807, 2.05) is 36.6 Å². The Bertz CT molecular complexity index is 1080.